The lowest BCUT2D eigenvalue weighted by atomic mass is 10.1. The third-order valence-electron chi connectivity index (χ3n) is 3.91. The number of nitrogens with one attached hydrogen (secondary N) is 1. The van der Waals surface area contributed by atoms with Gasteiger partial charge in [0.05, 0.1) is 6.61 Å². The minimum absolute atomic E-state index is 0.723. The Balaban J connectivity index is 1.51. The van der Waals surface area contributed by atoms with E-state index in [1.54, 1.807) is 0 Å². The lowest BCUT2D eigenvalue weighted by Gasteiger charge is -2.31. The van der Waals surface area contributed by atoms with Crippen molar-refractivity contribution in [1.82, 2.24) is 10.2 Å². The highest BCUT2D eigenvalue weighted by Gasteiger charge is 2.18. The maximum absolute atomic E-state index is 5.39. The third kappa shape index (κ3) is 4.54. The van der Waals surface area contributed by atoms with Crippen LogP contribution in [-0.4, -0.2) is 64.1 Å². The molecule has 2 rings (SSSR count). The van der Waals surface area contributed by atoms with Crippen LogP contribution in [0.5, 0.6) is 0 Å². The molecule has 0 aromatic heterocycles. The van der Waals surface area contributed by atoms with Crippen LogP contribution in [0.15, 0.2) is 0 Å². The smallest absolute Gasteiger partial charge is 0.0507 e. The Labute approximate surface area is 105 Å². The summed E-state index contributed by atoms with van der Waals surface area (Å²) in [6, 6.07) is 0.723. The van der Waals surface area contributed by atoms with Crippen molar-refractivity contribution in [2.45, 2.75) is 25.3 Å². The number of ether oxygens (including phenoxy) is 2. The average Bonchev–Trinajstić information content (AvgIpc) is 2.88. The van der Waals surface area contributed by atoms with Gasteiger partial charge in [-0.05, 0) is 32.2 Å². The first-order valence-corrected chi connectivity index (χ1v) is 6.92. The van der Waals surface area contributed by atoms with Crippen molar-refractivity contribution >= 4 is 0 Å². The van der Waals surface area contributed by atoms with Gasteiger partial charge in [-0.1, -0.05) is 0 Å². The molecule has 0 aromatic rings. The zero-order chi connectivity index (χ0) is 11.9. The highest BCUT2D eigenvalue weighted by atomic mass is 16.5. The molecule has 0 saturated carbocycles. The summed E-state index contributed by atoms with van der Waals surface area (Å²) in [5.41, 5.74) is 0. The summed E-state index contributed by atoms with van der Waals surface area (Å²) in [6.07, 6.45) is 3.60. The molecule has 1 unspecified atom stereocenters. The molecule has 0 spiro atoms. The molecule has 2 heterocycles. The van der Waals surface area contributed by atoms with Crippen molar-refractivity contribution in [2.75, 3.05) is 53.1 Å². The Morgan fingerprint density at radius 3 is 2.59 bits per heavy atom. The minimum Gasteiger partial charge on any atom is -0.381 e. The van der Waals surface area contributed by atoms with E-state index < -0.39 is 0 Å². The Bertz CT molecular complexity index is 202. The van der Waals surface area contributed by atoms with Gasteiger partial charge in [-0.2, -0.15) is 0 Å². The van der Waals surface area contributed by atoms with Crippen molar-refractivity contribution in [1.29, 1.82) is 0 Å². The van der Waals surface area contributed by atoms with Crippen LogP contribution >= 0.6 is 0 Å². The summed E-state index contributed by atoms with van der Waals surface area (Å²) >= 11 is 0. The number of rotatable bonds is 6. The van der Waals surface area contributed by atoms with Gasteiger partial charge in [0, 0.05) is 45.5 Å². The molecule has 17 heavy (non-hydrogen) atoms. The van der Waals surface area contributed by atoms with E-state index in [0.717, 1.165) is 58.0 Å². The number of nitrogens with zero attached hydrogens (tertiary/aromatic N) is 1. The van der Waals surface area contributed by atoms with Gasteiger partial charge >= 0.3 is 0 Å². The van der Waals surface area contributed by atoms with Crippen molar-refractivity contribution < 1.29 is 9.47 Å². The SMILES string of the molecule is CN(CCNCC1CCOC1)C1CCOCC1. The van der Waals surface area contributed by atoms with Crippen LogP contribution in [0.4, 0.5) is 0 Å². The summed E-state index contributed by atoms with van der Waals surface area (Å²) < 4.78 is 10.8. The molecule has 100 valence electrons. The molecule has 2 fully saturated rings. The zero-order valence-electron chi connectivity index (χ0n) is 11.0. The molecular weight excluding hydrogens is 216 g/mol. The highest BCUT2D eigenvalue weighted by molar-refractivity contribution is 4.73. The second-order valence-corrected chi connectivity index (χ2v) is 5.26. The van der Waals surface area contributed by atoms with E-state index in [1.165, 1.54) is 19.3 Å². The van der Waals surface area contributed by atoms with Crippen molar-refractivity contribution in [3.05, 3.63) is 0 Å². The summed E-state index contributed by atoms with van der Waals surface area (Å²) in [7, 11) is 2.23. The van der Waals surface area contributed by atoms with E-state index in [9.17, 15) is 0 Å². The van der Waals surface area contributed by atoms with Gasteiger partial charge in [0.15, 0.2) is 0 Å². The van der Waals surface area contributed by atoms with E-state index in [-0.39, 0.29) is 0 Å². The van der Waals surface area contributed by atoms with E-state index in [2.05, 4.69) is 17.3 Å². The van der Waals surface area contributed by atoms with Gasteiger partial charge in [0.1, 0.15) is 0 Å². The van der Waals surface area contributed by atoms with Crippen LogP contribution in [0.25, 0.3) is 0 Å². The Morgan fingerprint density at radius 2 is 1.88 bits per heavy atom. The third-order valence-corrected chi connectivity index (χ3v) is 3.91. The maximum Gasteiger partial charge on any atom is 0.0507 e. The summed E-state index contributed by atoms with van der Waals surface area (Å²) in [5.74, 6) is 0.739. The van der Waals surface area contributed by atoms with Gasteiger partial charge in [0.2, 0.25) is 0 Å². The fourth-order valence-corrected chi connectivity index (χ4v) is 2.61. The van der Waals surface area contributed by atoms with Gasteiger partial charge in [-0.3, -0.25) is 0 Å². The Hall–Kier alpha value is -0.160. The van der Waals surface area contributed by atoms with Crippen LogP contribution in [0, 0.1) is 5.92 Å². The molecule has 4 heteroatoms. The van der Waals surface area contributed by atoms with Crippen molar-refractivity contribution in [3.63, 3.8) is 0 Å². The fourth-order valence-electron chi connectivity index (χ4n) is 2.61. The molecule has 2 aliphatic rings. The van der Waals surface area contributed by atoms with Crippen LogP contribution in [0.3, 0.4) is 0 Å². The molecule has 0 bridgehead atoms. The van der Waals surface area contributed by atoms with Crippen LogP contribution in [-0.2, 0) is 9.47 Å². The first-order valence-electron chi connectivity index (χ1n) is 6.92. The fraction of sp³-hybridized carbons (Fsp3) is 1.00. The molecule has 2 saturated heterocycles. The van der Waals surface area contributed by atoms with Crippen LogP contribution in [0.2, 0.25) is 0 Å². The maximum atomic E-state index is 5.39. The monoisotopic (exact) mass is 242 g/mol. The molecule has 0 aliphatic carbocycles. The number of hydrogen-bond acceptors (Lipinski definition) is 4. The van der Waals surface area contributed by atoms with E-state index >= 15 is 0 Å². The number of hydrogen-bond donors (Lipinski definition) is 1. The molecular formula is C13H26N2O2. The minimum atomic E-state index is 0.723. The number of likely N-dealkylation sites (N-methyl/N-ethyl adjacent to an activating group) is 1. The van der Waals surface area contributed by atoms with Gasteiger partial charge in [-0.15, -0.1) is 0 Å². The molecule has 2 aliphatic heterocycles. The molecule has 1 N–H and O–H groups in total. The lowest BCUT2D eigenvalue weighted by Crippen LogP contribution is -2.40. The van der Waals surface area contributed by atoms with Crippen molar-refractivity contribution in [3.8, 4) is 0 Å². The van der Waals surface area contributed by atoms with Gasteiger partial charge in [0.25, 0.3) is 0 Å². The first kappa shape index (κ1) is 13.3. The van der Waals surface area contributed by atoms with Crippen molar-refractivity contribution in [2.24, 2.45) is 5.92 Å². The largest absolute Gasteiger partial charge is 0.381 e. The second kappa shape index (κ2) is 7.31. The van der Waals surface area contributed by atoms with E-state index in [0.29, 0.717) is 0 Å². The predicted molar refractivity (Wildman–Crippen MR) is 68.3 cm³/mol. The quantitative estimate of drug-likeness (QED) is 0.696. The Morgan fingerprint density at radius 1 is 1.12 bits per heavy atom. The van der Waals surface area contributed by atoms with Gasteiger partial charge in [-0.25, -0.2) is 0 Å². The van der Waals surface area contributed by atoms with E-state index in [4.69, 9.17) is 9.47 Å². The molecule has 1 atom stereocenters. The summed E-state index contributed by atoms with van der Waals surface area (Å²) in [6.45, 7) is 7.10. The van der Waals surface area contributed by atoms with E-state index in [1.807, 2.05) is 0 Å². The van der Waals surface area contributed by atoms with Gasteiger partial charge < -0.3 is 19.7 Å². The second-order valence-electron chi connectivity index (χ2n) is 5.26. The zero-order valence-corrected chi connectivity index (χ0v) is 11.0. The normalized spacial score (nSPS) is 26.8. The Kier molecular flexibility index (Phi) is 5.71. The first-order chi connectivity index (χ1) is 8.36. The molecule has 4 nitrogen and oxygen atoms in total. The molecule has 0 radical (unpaired) electrons. The average molecular weight is 242 g/mol. The highest BCUT2D eigenvalue weighted by Crippen LogP contribution is 2.12. The standard InChI is InChI=1S/C13H26N2O2/c1-15(13-3-8-16-9-4-13)6-5-14-10-12-2-7-17-11-12/h12-14H,2-11H2,1H3. The topological polar surface area (TPSA) is 33.7 Å². The predicted octanol–water partition coefficient (Wildman–Crippen LogP) is 0.723. The summed E-state index contributed by atoms with van der Waals surface area (Å²) in [5, 5.41) is 3.54. The van der Waals surface area contributed by atoms with Crippen LogP contribution < -0.4 is 5.32 Å². The lowest BCUT2D eigenvalue weighted by molar-refractivity contribution is 0.0433. The molecule has 0 aromatic carbocycles. The summed E-state index contributed by atoms with van der Waals surface area (Å²) in [4.78, 5) is 2.47. The van der Waals surface area contributed by atoms with Crippen LogP contribution in [0.1, 0.15) is 19.3 Å². The molecule has 0 amide bonds.